The van der Waals surface area contributed by atoms with Crippen LogP contribution in [0.2, 0.25) is 5.02 Å². The largest absolute Gasteiger partial charge is 0.491 e. The van der Waals surface area contributed by atoms with Crippen molar-refractivity contribution in [2.45, 2.75) is 25.6 Å². The highest BCUT2D eigenvalue weighted by molar-refractivity contribution is 6.30. The van der Waals surface area contributed by atoms with Crippen LogP contribution in [0.15, 0.2) is 66.3 Å². The molecule has 0 radical (unpaired) electrons. The van der Waals surface area contributed by atoms with Gasteiger partial charge in [0.25, 0.3) is 0 Å². The van der Waals surface area contributed by atoms with E-state index in [1.54, 1.807) is 0 Å². The molecule has 1 N–H and O–H groups in total. The molecule has 0 aliphatic carbocycles. The number of hydrogen-bond donors (Lipinski definition) is 1. The van der Waals surface area contributed by atoms with Gasteiger partial charge >= 0.3 is 0 Å². The summed E-state index contributed by atoms with van der Waals surface area (Å²) >= 11 is 5.95. The van der Waals surface area contributed by atoms with Crippen LogP contribution in [0.4, 0.5) is 0 Å². The van der Waals surface area contributed by atoms with Gasteiger partial charge in [-0.2, -0.15) is 0 Å². The number of oxime groups is 1. The van der Waals surface area contributed by atoms with Crippen molar-refractivity contribution in [1.29, 1.82) is 0 Å². The van der Waals surface area contributed by atoms with E-state index in [-0.39, 0.29) is 12.7 Å². The van der Waals surface area contributed by atoms with Gasteiger partial charge in [-0.05, 0) is 36.2 Å². The topological polar surface area (TPSA) is 54.3 Å². The standard InChI is InChI=1S/C23H27ClN2O3/c1-3-12-26(14-20(27)16-28-23-7-5-4-6-17(23)2)15-21-13-22(25-29-21)18-8-10-19(24)11-9-18/h3-11,20-21,27H,1,12-16H2,2H3. The summed E-state index contributed by atoms with van der Waals surface area (Å²) in [6.07, 6.45) is 1.85. The Morgan fingerprint density at radius 3 is 2.79 bits per heavy atom. The van der Waals surface area contributed by atoms with E-state index >= 15 is 0 Å². The van der Waals surface area contributed by atoms with E-state index in [2.05, 4.69) is 16.6 Å². The minimum Gasteiger partial charge on any atom is -0.491 e. The number of nitrogens with zero attached hydrogens (tertiary/aromatic N) is 2. The molecule has 0 aromatic heterocycles. The summed E-state index contributed by atoms with van der Waals surface area (Å²) in [4.78, 5) is 7.72. The average molecular weight is 415 g/mol. The Balaban J connectivity index is 1.49. The molecule has 1 aliphatic rings. The first-order valence-corrected chi connectivity index (χ1v) is 10.1. The van der Waals surface area contributed by atoms with Crippen LogP contribution in [0, 0.1) is 6.92 Å². The van der Waals surface area contributed by atoms with Crippen LogP contribution < -0.4 is 4.74 Å². The first-order valence-electron chi connectivity index (χ1n) is 9.73. The van der Waals surface area contributed by atoms with Gasteiger partial charge < -0.3 is 14.7 Å². The Morgan fingerprint density at radius 1 is 1.31 bits per heavy atom. The number of aryl methyl sites for hydroxylation is 1. The highest BCUT2D eigenvalue weighted by atomic mass is 35.5. The van der Waals surface area contributed by atoms with Crippen molar-refractivity contribution < 1.29 is 14.7 Å². The third-order valence-electron chi connectivity index (χ3n) is 4.75. The summed E-state index contributed by atoms with van der Waals surface area (Å²) < 4.78 is 5.76. The second-order valence-electron chi connectivity index (χ2n) is 7.21. The molecule has 0 amide bonds. The number of para-hydroxylation sites is 1. The molecule has 2 atom stereocenters. The lowest BCUT2D eigenvalue weighted by molar-refractivity contribution is 0.0282. The van der Waals surface area contributed by atoms with E-state index in [0.717, 1.165) is 22.6 Å². The molecule has 1 aliphatic heterocycles. The lowest BCUT2D eigenvalue weighted by Crippen LogP contribution is -2.40. The first-order chi connectivity index (χ1) is 14.0. The number of halogens is 1. The van der Waals surface area contributed by atoms with Crippen LogP contribution in [0.25, 0.3) is 0 Å². The predicted octanol–water partition coefficient (Wildman–Crippen LogP) is 4.07. The molecule has 5 nitrogen and oxygen atoms in total. The Morgan fingerprint density at radius 2 is 2.07 bits per heavy atom. The molecule has 6 heteroatoms. The number of rotatable bonds is 10. The molecule has 0 fully saturated rings. The minimum atomic E-state index is -0.618. The zero-order valence-electron chi connectivity index (χ0n) is 16.6. The summed E-state index contributed by atoms with van der Waals surface area (Å²) in [7, 11) is 0. The van der Waals surface area contributed by atoms with Gasteiger partial charge in [0.2, 0.25) is 0 Å². The first kappa shape index (κ1) is 21.4. The van der Waals surface area contributed by atoms with E-state index in [1.165, 1.54) is 0 Å². The lowest BCUT2D eigenvalue weighted by Gasteiger charge is -2.25. The second-order valence-corrected chi connectivity index (χ2v) is 7.65. The van der Waals surface area contributed by atoms with Gasteiger partial charge in [0.05, 0.1) is 5.71 Å². The summed E-state index contributed by atoms with van der Waals surface area (Å²) in [5.74, 6) is 0.793. The lowest BCUT2D eigenvalue weighted by atomic mass is 10.0. The third kappa shape index (κ3) is 6.32. The maximum Gasteiger partial charge on any atom is 0.145 e. The maximum atomic E-state index is 10.4. The quantitative estimate of drug-likeness (QED) is 0.595. The minimum absolute atomic E-state index is 0.0647. The average Bonchev–Trinajstić information content (AvgIpc) is 3.16. The molecule has 0 bridgehead atoms. The normalized spacial score (nSPS) is 17.0. The van der Waals surface area contributed by atoms with Crippen molar-refractivity contribution >= 4 is 17.3 Å². The number of hydrogen-bond acceptors (Lipinski definition) is 5. The Hall–Kier alpha value is -2.34. The molecule has 2 aromatic rings. The van der Waals surface area contributed by atoms with Gasteiger partial charge in [-0.1, -0.05) is 53.2 Å². The van der Waals surface area contributed by atoms with E-state index in [4.69, 9.17) is 21.2 Å². The highest BCUT2D eigenvalue weighted by Crippen LogP contribution is 2.20. The van der Waals surface area contributed by atoms with Gasteiger partial charge in [0.1, 0.15) is 24.6 Å². The smallest absolute Gasteiger partial charge is 0.145 e. The fourth-order valence-corrected chi connectivity index (χ4v) is 3.41. The second kappa shape index (κ2) is 10.4. The fraction of sp³-hybridized carbons (Fsp3) is 0.348. The molecular weight excluding hydrogens is 388 g/mol. The van der Waals surface area contributed by atoms with Crippen molar-refractivity contribution in [2.75, 3.05) is 26.2 Å². The van der Waals surface area contributed by atoms with Crippen LogP contribution >= 0.6 is 11.6 Å². The van der Waals surface area contributed by atoms with Crippen molar-refractivity contribution in [2.24, 2.45) is 5.16 Å². The van der Waals surface area contributed by atoms with Gasteiger partial charge in [-0.25, -0.2) is 0 Å². The Kier molecular flexibility index (Phi) is 7.69. The van der Waals surface area contributed by atoms with E-state index in [0.29, 0.717) is 31.1 Å². The third-order valence-corrected chi connectivity index (χ3v) is 5.01. The van der Waals surface area contributed by atoms with Crippen LogP contribution in [0.3, 0.4) is 0 Å². The summed E-state index contributed by atoms with van der Waals surface area (Å²) in [6.45, 7) is 7.81. The van der Waals surface area contributed by atoms with E-state index < -0.39 is 6.10 Å². The molecule has 0 saturated heterocycles. The van der Waals surface area contributed by atoms with E-state index in [9.17, 15) is 5.11 Å². The number of aliphatic hydroxyl groups is 1. The summed E-state index contributed by atoms with van der Waals surface area (Å²) in [5, 5.41) is 15.4. The molecule has 2 unspecified atom stereocenters. The predicted molar refractivity (Wildman–Crippen MR) is 117 cm³/mol. The van der Waals surface area contributed by atoms with Crippen LogP contribution in [-0.4, -0.2) is 54.2 Å². The van der Waals surface area contributed by atoms with E-state index in [1.807, 2.05) is 61.5 Å². The summed E-state index contributed by atoms with van der Waals surface area (Å²) in [6, 6.07) is 15.4. The Labute approximate surface area is 177 Å². The fourth-order valence-electron chi connectivity index (χ4n) is 3.29. The molecule has 154 valence electrons. The van der Waals surface area contributed by atoms with Gasteiger partial charge in [0, 0.05) is 31.1 Å². The molecular formula is C23H27ClN2O3. The van der Waals surface area contributed by atoms with Gasteiger partial charge in [-0.3, -0.25) is 4.90 Å². The number of benzene rings is 2. The molecule has 29 heavy (non-hydrogen) atoms. The van der Waals surface area contributed by atoms with Crippen LogP contribution in [0.1, 0.15) is 17.5 Å². The van der Waals surface area contributed by atoms with Gasteiger partial charge in [0.15, 0.2) is 0 Å². The van der Waals surface area contributed by atoms with Crippen molar-refractivity contribution in [3.05, 3.63) is 77.3 Å². The zero-order valence-corrected chi connectivity index (χ0v) is 17.4. The van der Waals surface area contributed by atoms with Crippen molar-refractivity contribution in [3.63, 3.8) is 0 Å². The monoisotopic (exact) mass is 414 g/mol. The highest BCUT2D eigenvalue weighted by Gasteiger charge is 2.25. The van der Waals surface area contributed by atoms with Crippen LogP contribution in [-0.2, 0) is 4.84 Å². The molecule has 3 rings (SSSR count). The number of ether oxygens (including phenoxy) is 1. The summed E-state index contributed by atoms with van der Waals surface area (Å²) in [5.41, 5.74) is 2.97. The van der Waals surface area contributed by atoms with Crippen molar-refractivity contribution in [3.8, 4) is 5.75 Å². The zero-order chi connectivity index (χ0) is 20.6. The van der Waals surface area contributed by atoms with Crippen molar-refractivity contribution in [1.82, 2.24) is 4.90 Å². The maximum absolute atomic E-state index is 10.4. The number of aliphatic hydroxyl groups excluding tert-OH is 1. The molecule has 2 aromatic carbocycles. The van der Waals surface area contributed by atoms with Gasteiger partial charge in [-0.15, -0.1) is 6.58 Å². The molecule has 1 heterocycles. The van der Waals surface area contributed by atoms with Crippen LogP contribution in [0.5, 0.6) is 5.75 Å². The SMILES string of the molecule is C=CCN(CC(O)COc1ccccc1C)CC1CC(c2ccc(Cl)cc2)=NO1. The molecule has 0 saturated carbocycles. The Bertz CT molecular complexity index is 838. The molecule has 0 spiro atoms.